The van der Waals surface area contributed by atoms with Crippen molar-refractivity contribution in [1.29, 1.82) is 0 Å². The lowest BCUT2D eigenvalue weighted by atomic mass is 10.0. The molecule has 5 nitrogen and oxygen atoms in total. The van der Waals surface area contributed by atoms with E-state index in [4.69, 9.17) is 16.3 Å². The Balaban J connectivity index is 2.21. The van der Waals surface area contributed by atoms with Crippen molar-refractivity contribution in [3.63, 3.8) is 0 Å². The maximum atomic E-state index is 11.5. The number of non-ortho nitro benzene ring substituents is 1. The SMILES string of the molecule is CCCCCCCCCCCCC(Oc1ccc([N+](=O)[O-])cc1)C(=O)Cl. The highest BCUT2D eigenvalue weighted by Crippen LogP contribution is 2.21. The number of carbonyl (C=O) groups is 1. The lowest BCUT2D eigenvalue weighted by molar-refractivity contribution is -0.384. The molecule has 1 aromatic carbocycles. The fourth-order valence-electron chi connectivity index (χ4n) is 2.85. The Kier molecular flexibility index (Phi) is 11.7. The fourth-order valence-corrected chi connectivity index (χ4v) is 3.00. The molecule has 0 radical (unpaired) electrons. The molecule has 0 bridgehead atoms. The number of nitro groups is 1. The predicted octanol–water partition coefficient (Wildman–Crippen LogP) is 6.42. The van der Waals surface area contributed by atoms with Gasteiger partial charge in [0.25, 0.3) is 10.9 Å². The van der Waals surface area contributed by atoms with Crippen molar-refractivity contribution in [2.24, 2.45) is 0 Å². The second-order valence-corrected chi connectivity index (χ2v) is 7.00. The van der Waals surface area contributed by atoms with E-state index in [0.29, 0.717) is 12.2 Å². The average Bonchev–Trinajstić information content (AvgIpc) is 2.62. The van der Waals surface area contributed by atoms with Crippen molar-refractivity contribution < 1.29 is 14.5 Å². The van der Waals surface area contributed by atoms with Crippen molar-refractivity contribution in [3.05, 3.63) is 34.4 Å². The Morgan fingerprint density at radius 2 is 1.50 bits per heavy atom. The summed E-state index contributed by atoms with van der Waals surface area (Å²) in [6, 6.07) is 5.68. The van der Waals surface area contributed by atoms with Gasteiger partial charge in [0.2, 0.25) is 0 Å². The first kappa shape index (κ1) is 22.4. The van der Waals surface area contributed by atoms with Crippen molar-refractivity contribution in [2.45, 2.75) is 83.7 Å². The molecule has 0 aliphatic heterocycles. The second kappa shape index (κ2) is 13.6. The molecule has 0 amide bonds. The number of hydrogen-bond acceptors (Lipinski definition) is 4. The van der Waals surface area contributed by atoms with Crippen LogP contribution in [0.15, 0.2) is 24.3 Å². The highest BCUT2D eigenvalue weighted by molar-refractivity contribution is 6.64. The summed E-state index contributed by atoms with van der Waals surface area (Å²) in [5.41, 5.74) is -0.0132. The summed E-state index contributed by atoms with van der Waals surface area (Å²) in [6.07, 6.45) is 12.1. The number of hydrogen-bond donors (Lipinski definition) is 0. The molecule has 1 rings (SSSR count). The fraction of sp³-hybridized carbons (Fsp3) is 0.650. The number of nitrogens with zero attached hydrogens (tertiary/aromatic N) is 1. The molecule has 26 heavy (non-hydrogen) atoms. The third kappa shape index (κ3) is 9.76. The molecule has 1 aromatic rings. The molecular weight excluding hydrogens is 354 g/mol. The lowest BCUT2D eigenvalue weighted by Gasteiger charge is -2.15. The van der Waals surface area contributed by atoms with Crippen molar-refractivity contribution in [1.82, 2.24) is 0 Å². The topological polar surface area (TPSA) is 69.4 Å². The van der Waals surface area contributed by atoms with Gasteiger partial charge in [-0.05, 0) is 36.6 Å². The van der Waals surface area contributed by atoms with E-state index in [1.807, 2.05) is 0 Å². The first-order valence-electron chi connectivity index (χ1n) is 9.65. The van der Waals surface area contributed by atoms with E-state index in [9.17, 15) is 14.9 Å². The molecule has 146 valence electrons. The Labute approximate surface area is 161 Å². The predicted molar refractivity (Wildman–Crippen MR) is 105 cm³/mol. The van der Waals surface area contributed by atoms with Gasteiger partial charge in [0.15, 0.2) is 6.10 Å². The van der Waals surface area contributed by atoms with Gasteiger partial charge < -0.3 is 4.74 Å². The van der Waals surface area contributed by atoms with Crippen molar-refractivity contribution >= 4 is 22.5 Å². The van der Waals surface area contributed by atoms with E-state index in [0.717, 1.165) is 19.3 Å². The number of halogens is 1. The zero-order valence-corrected chi connectivity index (χ0v) is 16.4. The maximum Gasteiger partial charge on any atom is 0.269 e. The van der Waals surface area contributed by atoms with Gasteiger partial charge >= 0.3 is 0 Å². The summed E-state index contributed by atoms with van der Waals surface area (Å²) in [6.45, 7) is 2.23. The van der Waals surface area contributed by atoms with Crippen LogP contribution in [0.1, 0.15) is 77.6 Å². The Morgan fingerprint density at radius 3 is 1.96 bits per heavy atom. The van der Waals surface area contributed by atoms with E-state index in [-0.39, 0.29) is 5.69 Å². The minimum Gasteiger partial charge on any atom is -0.481 e. The number of rotatable bonds is 15. The number of nitro benzene ring substituents is 1. The van der Waals surface area contributed by atoms with Crippen LogP contribution in [0.2, 0.25) is 0 Å². The first-order chi connectivity index (χ1) is 12.5. The van der Waals surface area contributed by atoms with Crippen LogP contribution in [0.3, 0.4) is 0 Å². The van der Waals surface area contributed by atoms with Gasteiger partial charge in [-0.15, -0.1) is 0 Å². The van der Waals surface area contributed by atoms with Crippen LogP contribution >= 0.6 is 11.6 Å². The van der Waals surface area contributed by atoms with Crippen molar-refractivity contribution in [3.8, 4) is 5.75 Å². The van der Waals surface area contributed by atoms with Gasteiger partial charge in [0.05, 0.1) is 4.92 Å². The van der Waals surface area contributed by atoms with E-state index in [1.54, 1.807) is 0 Å². The van der Waals surface area contributed by atoms with E-state index in [2.05, 4.69) is 6.92 Å². The standard InChI is InChI=1S/C20H30ClNO4/c1-2-3-4-5-6-7-8-9-10-11-12-19(20(21)23)26-18-15-13-17(14-16-18)22(24)25/h13-16,19H,2-12H2,1H3. The van der Waals surface area contributed by atoms with Crippen LogP contribution in [0.5, 0.6) is 5.75 Å². The van der Waals surface area contributed by atoms with E-state index >= 15 is 0 Å². The van der Waals surface area contributed by atoms with Gasteiger partial charge in [0.1, 0.15) is 5.75 Å². The summed E-state index contributed by atoms with van der Waals surface area (Å²) in [4.78, 5) is 21.7. The summed E-state index contributed by atoms with van der Waals surface area (Å²) in [7, 11) is 0. The van der Waals surface area contributed by atoms with Gasteiger partial charge in [-0.2, -0.15) is 0 Å². The molecule has 0 spiro atoms. The molecule has 6 heteroatoms. The molecule has 0 N–H and O–H groups in total. The van der Waals surface area contributed by atoms with Gasteiger partial charge in [0, 0.05) is 12.1 Å². The molecule has 0 saturated carbocycles. The molecule has 0 aliphatic carbocycles. The number of benzene rings is 1. The number of unbranched alkanes of at least 4 members (excludes halogenated alkanes) is 9. The number of carbonyl (C=O) groups excluding carboxylic acids is 1. The highest BCUT2D eigenvalue weighted by Gasteiger charge is 2.18. The van der Waals surface area contributed by atoms with Crippen LogP contribution in [0.25, 0.3) is 0 Å². The average molecular weight is 384 g/mol. The smallest absolute Gasteiger partial charge is 0.269 e. The lowest BCUT2D eigenvalue weighted by Crippen LogP contribution is -2.23. The first-order valence-corrected chi connectivity index (χ1v) is 10.0. The largest absolute Gasteiger partial charge is 0.481 e. The van der Waals surface area contributed by atoms with Crippen LogP contribution in [0, 0.1) is 10.1 Å². The highest BCUT2D eigenvalue weighted by atomic mass is 35.5. The summed E-state index contributed by atoms with van der Waals surface area (Å²) < 4.78 is 5.59. The third-order valence-corrected chi connectivity index (χ3v) is 4.64. The summed E-state index contributed by atoms with van der Waals surface area (Å²) >= 11 is 5.63. The zero-order valence-electron chi connectivity index (χ0n) is 15.6. The summed E-state index contributed by atoms with van der Waals surface area (Å²) in [5.74, 6) is 0.418. The minimum atomic E-state index is -0.702. The molecule has 0 aliphatic rings. The van der Waals surface area contributed by atoms with E-state index in [1.165, 1.54) is 69.2 Å². The van der Waals surface area contributed by atoms with Gasteiger partial charge in [-0.3, -0.25) is 14.9 Å². The Bertz CT molecular complexity index is 533. The molecule has 1 unspecified atom stereocenters. The summed E-state index contributed by atoms with van der Waals surface area (Å²) in [5, 5.41) is 10.1. The molecule has 0 saturated heterocycles. The molecule has 1 atom stereocenters. The minimum absolute atomic E-state index is 0.0132. The second-order valence-electron chi connectivity index (χ2n) is 6.63. The molecule has 0 aromatic heterocycles. The van der Waals surface area contributed by atoms with Gasteiger partial charge in [-0.25, -0.2) is 0 Å². The molecule has 0 heterocycles. The Morgan fingerprint density at radius 1 is 1.00 bits per heavy atom. The number of ether oxygens (including phenoxy) is 1. The zero-order chi connectivity index (χ0) is 19.2. The maximum absolute atomic E-state index is 11.5. The monoisotopic (exact) mass is 383 g/mol. The van der Waals surface area contributed by atoms with Crippen LogP contribution in [-0.2, 0) is 4.79 Å². The normalized spacial score (nSPS) is 11.9. The van der Waals surface area contributed by atoms with Crippen LogP contribution < -0.4 is 4.74 Å². The van der Waals surface area contributed by atoms with Crippen molar-refractivity contribution in [2.75, 3.05) is 0 Å². The molecular formula is C20H30ClNO4. The van der Waals surface area contributed by atoms with Crippen LogP contribution in [0.4, 0.5) is 5.69 Å². The van der Waals surface area contributed by atoms with Crippen LogP contribution in [-0.4, -0.2) is 16.3 Å². The quantitative estimate of drug-likeness (QED) is 0.152. The van der Waals surface area contributed by atoms with E-state index < -0.39 is 16.3 Å². The van der Waals surface area contributed by atoms with Gasteiger partial charge in [-0.1, -0.05) is 64.7 Å². The Hall–Kier alpha value is -1.62. The third-order valence-electron chi connectivity index (χ3n) is 4.40. The molecule has 0 fully saturated rings.